The predicted octanol–water partition coefficient (Wildman–Crippen LogP) is 3.04. The van der Waals surface area contributed by atoms with E-state index < -0.39 is 0 Å². The standard InChI is InChI=1S/C14H22ClNO2/c1-10(2)16-8-13(9-17-4)18-14-6-5-12(15)7-11(14)3/h5-7,10,13,16H,8-9H2,1-4H3. The number of halogens is 1. The highest BCUT2D eigenvalue weighted by atomic mass is 35.5. The largest absolute Gasteiger partial charge is 0.486 e. The van der Waals surface area contributed by atoms with Gasteiger partial charge in [0.05, 0.1) is 6.61 Å². The molecule has 4 heteroatoms. The van der Waals surface area contributed by atoms with Gasteiger partial charge in [-0.3, -0.25) is 0 Å². The molecule has 1 rings (SSSR count). The van der Waals surface area contributed by atoms with Crippen molar-refractivity contribution in [1.29, 1.82) is 0 Å². The molecular formula is C14H22ClNO2. The van der Waals surface area contributed by atoms with Crippen LogP contribution in [-0.2, 0) is 4.74 Å². The number of benzene rings is 1. The highest BCUT2D eigenvalue weighted by Crippen LogP contribution is 2.22. The summed E-state index contributed by atoms with van der Waals surface area (Å²) >= 11 is 5.92. The number of nitrogens with one attached hydrogen (secondary N) is 1. The van der Waals surface area contributed by atoms with E-state index in [2.05, 4.69) is 19.2 Å². The normalized spacial score (nSPS) is 12.8. The van der Waals surface area contributed by atoms with Gasteiger partial charge < -0.3 is 14.8 Å². The third kappa shape index (κ3) is 5.25. The first kappa shape index (κ1) is 15.3. The van der Waals surface area contributed by atoms with Crippen molar-refractivity contribution in [3.05, 3.63) is 28.8 Å². The van der Waals surface area contributed by atoms with Crippen molar-refractivity contribution in [2.45, 2.75) is 32.9 Å². The lowest BCUT2D eigenvalue weighted by molar-refractivity contribution is 0.0790. The quantitative estimate of drug-likeness (QED) is 0.827. The summed E-state index contributed by atoms with van der Waals surface area (Å²) in [7, 11) is 1.68. The lowest BCUT2D eigenvalue weighted by Gasteiger charge is -2.21. The SMILES string of the molecule is COCC(CNC(C)C)Oc1ccc(Cl)cc1C. The predicted molar refractivity (Wildman–Crippen MR) is 75.6 cm³/mol. The summed E-state index contributed by atoms with van der Waals surface area (Å²) in [4.78, 5) is 0. The molecule has 0 bridgehead atoms. The summed E-state index contributed by atoms with van der Waals surface area (Å²) in [6.45, 7) is 7.52. The molecule has 0 saturated heterocycles. The minimum atomic E-state index is -0.00252. The van der Waals surface area contributed by atoms with E-state index in [9.17, 15) is 0 Å². The molecule has 18 heavy (non-hydrogen) atoms. The van der Waals surface area contributed by atoms with Crippen LogP contribution in [0.3, 0.4) is 0 Å². The smallest absolute Gasteiger partial charge is 0.134 e. The summed E-state index contributed by atoms with van der Waals surface area (Å²) in [5.74, 6) is 0.854. The average molecular weight is 272 g/mol. The molecule has 0 aliphatic carbocycles. The molecule has 0 aromatic heterocycles. The van der Waals surface area contributed by atoms with Crippen LogP contribution in [0.15, 0.2) is 18.2 Å². The summed E-state index contributed by atoms with van der Waals surface area (Å²) in [6, 6.07) is 6.06. The summed E-state index contributed by atoms with van der Waals surface area (Å²) < 4.78 is 11.1. The maximum atomic E-state index is 5.94. The van der Waals surface area contributed by atoms with Gasteiger partial charge in [0.1, 0.15) is 11.9 Å². The Morgan fingerprint density at radius 1 is 1.33 bits per heavy atom. The number of rotatable bonds is 7. The zero-order chi connectivity index (χ0) is 13.5. The molecule has 0 fully saturated rings. The molecule has 1 aromatic rings. The third-order valence-electron chi connectivity index (χ3n) is 2.54. The Labute approximate surface area is 114 Å². The molecule has 1 atom stereocenters. The second-order valence-electron chi connectivity index (χ2n) is 4.67. The Kier molecular flexibility index (Phi) is 6.47. The Morgan fingerprint density at radius 2 is 2.06 bits per heavy atom. The molecule has 102 valence electrons. The minimum absolute atomic E-state index is 0.00252. The minimum Gasteiger partial charge on any atom is -0.486 e. The van der Waals surface area contributed by atoms with Crippen molar-refractivity contribution in [1.82, 2.24) is 5.32 Å². The van der Waals surface area contributed by atoms with Crippen LogP contribution in [0, 0.1) is 6.92 Å². The van der Waals surface area contributed by atoms with Crippen molar-refractivity contribution in [2.75, 3.05) is 20.3 Å². The highest BCUT2D eigenvalue weighted by Gasteiger charge is 2.12. The molecule has 1 aromatic carbocycles. The number of hydrogen-bond donors (Lipinski definition) is 1. The lowest BCUT2D eigenvalue weighted by atomic mass is 10.2. The van der Waals surface area contributed by atoms with Gasteiger partial charge in [0, 0.05) is 24.7 Å². The molecule has 0 heterocycles. The molecule has 3 nitrogen and oxygen atoms in total. The molecule has 0 aliphatic heterocycles. The van der Waals surface area contributed by atoms with Gasteiger partial charge in [0.25, 0.3) is 0 Å². The van der Waals surface area contributed by atoms with Gasteiger partial charge in [0.2, 0.25) is 0 Å². The van der Waals surface area contributed by atoms with Crippen LogP contribution in [-0.4, -0.2) is 32.4 Å². The van der Waals surface area contributed by atoms with Crippen LogP contribution in [0.5, 0.6) is 5.75 Å². The fraction of sp³-hybridized carbons (Fsp3) is 0.571. The van der Waals surface area contributed by atoms with E-state index in [0.717, 1.165) is 22.9 Å². The van der Waals surface area contributed by atoms with Gasteiger partial charge in [-0.15, -0.1) is 0 Å². The Balaban J connectivity index is 2.64. The van der Waals surface area contributed by atoms with Crippen molar-refractivity contribution in [3.8, 4) is 5.75 Å². The van der Waals surface area contributed by atoms with Gasteiger partial charge >= 0.3 is 0 Å². The highest BCUT2D eigenvalue weighted by molar-refractivity contribution is 6.30. The first-order chi connectivity index (χ1) is 8.52. The van der Waals surface area contributed by atoms with Crippen molar-refractivity contribution < 1.29 is 9.47 Å². The van der Waals surface area contributed by atoms with Gasteiger partial charge in [-0.2, -0.15) is 0 Å². The maximum absolute atomic E-state index is 5.94. The molecule has 0 radical (unpaired) electrons. The lowest BCUT2D eigenvalue weighted by Crippen LogP contribution is -2.38. The second kappa shape index (κ2) is 7.62. The van der Waals surface area contributed by atoms with E-state index in [0.29, 0.717) is 12.6 Å². The van der Waals surface area contributed by atoms with Gasteiger partial charge in [0.15, 0.2) is 0 Å². The van der Waals surface area contributed by atoms with Crippen LogP contribution in [0.1, 0.15) is 19.4 Å². The fourth-order valence-electron chi connectivity index (χ4n) is 1.61. The monoisotopic (exact) mass is 271 g/mol. The molecule has 0 spiro atoms. The Hall–Kier alpha value is -0.770. The van der Waals surface area contributed by atoms with Crippen molar-refractivity contribution >= 4 is 11.6 Å². The zero-order valence-electron chi connectivity index (χ0n) is 11.5. The topological polar surface area (TPSA) is 30.5 Å². The first-order valence-corrected chi connectivity index (χ1v) is 6.56. The molecule has 0 amide bonds. The molecule has 0 aliphatic rings. The van der Waals surface area contributed by atoms with Crippen molar-refractivity contribution in [3.63, 3.8) is 0 Å². The number of hydrogen-bond acceptors (Lipinski definition) is 3. The summed E-state index contributed by atoms with van der Waals surface area (Å²) in [6.07, 6.45) is -0.00252. The van der Waals surface area contributed by atoms with Crippen LogP contribution < -0.4 is 10.1 Å². The number of methoxy groups -OCH3 is 1. The fourth-order valence-corrected chi connectivity index (χ4v) is 1.84. The first-order valence-electron chi connectivity index (χ1n) is 6.18. The molecular weight excluding hydrogens is 250 g/mol. The number of ether oxygens (including phenoxy) is 2. The van der Waals surface area contributed by atoms with Crippen LogP contribution in [0.2, 0.25) is 5.02 Å². The molecule has 1 unspecified atom stereocenters. The van der Waals surface area contributed by atoms with Crippen LogP contribution in [0.4, 0.5) is 0 Å². The summed E-state index contributed by atoms with van der Waals surface area (Å²) in [5, 5.41) is 4.08. The van der Waals surface area contributed by atoms with E-state index >= 15 is 0 Å². The van der Waals surface area contributed by atoms with Crippen LogP contribution in [0.25, 0.3) is 0 Å². The van der Waals surface area contributed by atoms with Gasteiger partial charge in [-0.1, -0.05) is 25.4 Å². The van der Waals surface area contributed by atoms with E-state index in [1.165, 1.54) is 0 Å². The van der Waals surface area contributed by atoms with Gasteiger partial charge in [-0.05, 0) is 30.7 Å². The van der Waals surface area contributed by atoms with E-state index in [1.54, 1.807) is 7.11 Å². The second-order valence-corrected chi connectivity index (χ2v) is 5.10. The van der Waals surface area contributed by atoms with Crippen molar-refractivity contribution in [2.24, 2.45) is 0 Å². The Morgan fingerprint density at radius 3 is 2.61 bits per heavy atom. The zero-order valence-corrected chi connectivity index (χ0v) is 12.3. The molecule has 0 saturated carbocycles. The molecule has 1 N–H and O–H groups in total. The number of aryl methyl sites for hydroxylation is 1. The third-order valence-corrected chi connectivity index (χ3v) is 2.77. The van der Waals surface area contributed by atoms with E-state index in [1.807, 2.05) is 25.1 Å². The Bertz CT molecular complexity index is 369. The average Bonchev–Trinajstić information content (AvgIpc) is 2.29. The summed E-state index contributed by atoms with van der Waals surface area (Å²) in [5.41, 5.74) is 1.04. The van der Waals surface area contributed by atoms with Gasteiger partial charge in [-0.25, -0.2) is 0 Å². The maximum Gasteiger partial charge on any atom is 0.134 e. The van der Waals surface area contributed by atoms with E-state index in [4.69, 9.17) is 21.1 Å². The van der Waals surface area contributed by atoms with Crippen LogP contribution >= 0.6 is 11.6 Å². The van der Waals surface area contributed by atoms with E-state index in [-0.39, 0.29) is 6.10 Å².